The van der Waals surface area contributed by atoms with Gasteiger partial charge in [-0.05, 0) is 32.1 Å². The first-order chi connectivity index (χ1) is 11.3. The Morgan fingerprint density at radius 2 is 1.96 bits per heavy atom. The summed E-state index contributed by atoms with van der Waals surface area (Å²) in [4.78, 5) is 14.6. The number of urea groups is 1. The molecule has 3 heterocycles. The molecule has 1 aromatic rings. The third-order valence-electron chi connectivity index (χ3n) is 5.19. The van der Waals surface area contributed by atoms with Crippen LogP contribution in [0.25, 0.3) is 0 Å². The maximum atomic E-state index is 12.6. The van der Waals surface area contributed by atoms with Crippen molar-refractivity contribution in [2.24, 2.45) is 0 Å². The molecule has 0 radical (unpaired) electrons. The van der Waals surface area contributed by atoms with E-state index in [0.717, 1.165) is 50.4 Å². The van der Waals surface area contributed by atoms with E-state index in [0.29, 0.717) is 12.6 Å². The standard InChI is InChI=1S/C17H29N5O/c1-2-14-9-5-3-7-11-21(14)17(23)18-13-16-20-19-15-10-6-4-8-12-22(15)16/h14H,2-13H2,1H3,(H,18,23)/t14-/m0/s1. The van der Waals surface area contributed by atoms with E-state index in [9.17, 15) is 4.79 Å². The number of carbonyl (C=O) groups excluding carboxylic acids is 1. The van der Waals surface area contributed by atoms with Crippen molar-refractivity contribution in [3.8, 4) is 0 Å². The minimum atomic E-state index is 0.0599. The van der Waals surface area contributed by atoms with Crippen LogP contribution < -0.4 is 5.32 Å². The number of likely N-dealkylation sites (tertiary alicyclic amines) is 1. The maximum absolute atomic E-state index is 12.6. The topological polar surface area (TPSA) is 63.1 Å². The minimum Gasteiger partial charge on any atom is -0.331 e. The van der Waals surface area contributed by atoms with Crippen molar-refractivity contribution >= 4 is 6.03 Å². The molecule has 0 bridgehead atoms. The van der Waals surface area contributed by atoms with Crippen LogP contribution in [0.5, 0.6) is 0 Å². The lowest BCUT2D eigenvalue weighted by Gasteiger charge is -2.29. The number of nitrogens with one attached hydrogen (secondary N) is 1. The summed E-state index contributed by atoms with van der Waals surface area (Å²) in [6.07, 6.45) is 10.4. The van der Waals surface area contributed by atoms with E-state index in [1.54, 1.807) is 0 Å². The van der Waals surface area contributed by atoms with Crippen LogP contribution in [0.1, 0.15) is 69.9 Å². The Morgan fingerprint density at radius 1 is 1.13 bits per heavy atom. The SMILES string of the molecule is CC[C@H]1CCCCCN1C(=O)NCc1nnc2n1CCCCC2. The van der Waals surface area contributed by atoms with E-state index < -0.39 is 0 Å². The van der Waals surface area contributed by atoms with Gasteiger partial charge in [0.1, 0.15) is 5.82 Å². The molecule has 1 atom stereocenters. The highest BCUT2D eigenvalue weighted by molar-refractivity contribution is 5.74. The molecule has 23 heavy (non-hydrogen) atoms. The summed E-state index contributed by atoms with van der Waals surface area (Å²) in [7, 11) is 0. The summed E-state index contributed by atoms with van der Waals surface area (Å²) in [6.45, 7) is 4.52. The third-order valence-corrected chi connectivity index (χ3v) is 5.19. The van der Waals surface area contributed by atoms with Gasteiger partial charge < -0.3 is 14.8 Å². The number of fused-ring (bicyclic) bond motifs is 1. The molecular formula is C17H29N5O. The Hall–Kier alpha value is -1.59. The van der Waals surface area contributed by atoms with Gasteiger partial charge in [0.25, 0.3) is 0 Å². The fourth-order valence-corrected chi connectivity index (χ4v) is 3.80. The molecule has 3 rings (SSSR count). The van der Waals surface area contributed by atoms with Crippen molar-refractivity contribution in [2.45, 2.75) is 83.8 Å². The Labute approximate surface area is 138 Å². The highest BCUT2D eigenvalue weighted by Gasteiger charge is 2.24. The van der Waals surface area contributed by atoms with E-state index in [1.807, 2.05) is 4.90 Å². The Balaban J connectivity index is 1.61. The van der Waals surface area contributed by atoms with Crippen LogP contribution in [0.3, 0.4) is 0 Å². The zero-order valence-electron chi connectivity index (χ0n) is 14.3. The summed E-state index contributed by atoms with van der Waals surface area (Å²) in [6, 6.07) is 0.442. The van der Waals surface area contributed by atoms with Gasteiger partial charge >= 0.3 is 6.03 Å². The summed E-state index contributed by atoms with van der Waals surface area (Å²) in [5.41, 5.74) is 0. The van der Waals surface area contributed by atoms with Crippen LogP contribution in [0, 0.1) is 0 Å². The summed E-state index contributed by atoms with van der Waals surface area (Å²) in [5, 5.41) is 11.7. The first-order valence-corrected chi connectivity index (χ1v) is 9.25. The van der Waals surface area contributed by atoms with Gasteiger partial charge in [0, 0.05) is 25.6 Å². The highest BCUT2D eigenvalue weighted by Crippen LogP contribution is 2.19. The number of amides is 2. The number of aromatic nitrogens is 3. The normalized spacial score (nSPS) is 22.1. The first kappa shape index (κ1) is 16.3. The van der Waals surface area contributed by atoms with Crippen molar-refractivity contribution in [2.75, 3.05) is 6.54 Å². The van der Waals surface area contributed by atoms with Gasteiger partial charge in [0.15, 0.2) is 5.82 Å². The maximum Gasteiger partial charge on any atom is 0.318 e. The molecule has 0 saturated carbocycles. The summed E-state index contributed by atoms with van der Waals surface area (Å²) in [5.74, 6) is 1.98. The smallest absolute Gasteiger partial charge is 0.318 e. The van der Waals surface area contributed by atoms with E-state index >= 15 is 0 Å². The zero-order chi connectivity index (χ0) is 16.1. The molecule has 0 aliphatic carbocycles. The molecule has 0 spiro atoms. The summed E-state index contributed by atoms with van der Waals surface area (Å²) < 4.78 is 2.20. The minimum absolute atomic E-state index is 0.0599. The molecule has 128 valence electrons. The van der Waals surface area contributed by atoms with Gasteiger partial charge in [0.05, 0.1) is 6.54 Å². The monoisotopic (exact) mass is 319 g/mol. The number of nitrogens with zero attached hydrogens (tertiary/aromatic N) is 4. The molecule has 6 heteroatoms. The van der Waals surface area contributed by atoms with Crippen molar-refractivity contribution < 1.29 is 4.79 Å². The summed E-state index contributed by atoms with van der Waals surface area (Å²) >= 11 is 0. The largest absolute Gasteiger partial charge is 0.331 e. The average molecular weight is 319 g/mol. The second-order valence-corrected chi connectivity index (χ2v) is 6.76. The van der Waals surface area contributed by atoms with E-state index in [4.69, 9.17) is 0 Å². The quantitative estimate of drug-likeness (QED) is 0.932. The first-order valence-electron chi connectivity index (χ1n) is 9.25. The molecule has 1 saturated heterocycles. The number of rotatable bonds is 3. The second-order valence-electron chi connectivity index (χ2n) is 6.76. The molecule has 0 aromatic carbocycles. The second kappa shape index (κ2) is 7.79. The van der Waals surface area contributed by atoms with E-state index in [1.165, 1.54) is 32.1 Å². The van der Waals surface area contributed by atoms with Gasteiger partial charge in [0.2, 0.25) is 0 Å². The Kier molecular flexibility index (Phi) is 5.51. The van der Waals surface area contributed by atoms with Crippen molar-refractivity contribution in [1.29, 1.82) is 0 Å². The molecule has 0 unspecified atom stereocenters. The lowest BCUT2D eigenvalue weighted by Crippen LogP contribution is -2.45. The van der Waals surface area contributed by atoms with Crippen molar-refractivity contribution in [1.82, 2.24) is 25.0 Å². The predicted molar refractivity (Wildman–Crippen MR) is 89.1 cm³/mol. The van der Waals surface area contributed by atoms with Gasteiger partial charge in [-0.3, -0.25) is 0 Å². The number of hydrogen-bond donors (Lipinski definition) is 1. The lowest BCUT2D eigenvalue weighted by atomic mass is 10.1. The lowest BCUT2D eigenvalue weighted by molar-refractivity contribution is 0.172. The highest BCUT2D eigenvalue weighted by atomic mass is 16.2. The van der Waals surface area contributed by atoms with E-state index in [-0.39, 0.29) is 6.03 Å². The average Bonchev–Trinajstić information content (AvgIpc) is 2.77. The van der Waals surface area contributed by atoms with Gasteiger partial charge in [-0.15, -0.1) is 10.2 Å². The van der Waals surface area contributed by atoms with Crippen LogP contribution in [0.4, 0.5) is 4.79 Å². The molecular weight excluding hydrogens is 290 g/mol. The molecule has 2 aliphatic rings. The fourth-order valence-electron chi connectivity index (χ4n) is 3.80. The molecule has 1 fully saturated rings. The van der Waals surface area contributed by atoms with Crippen molar-refractivity contribution in [3.05, 3.63) is 11.6 Å². The van der Waals surface area contributed by atoms with Crippen molar-refractivity contribution in [3.63, 3.8) is 0 Å². The third kappa shape index (κ3) is 3.85. The number of carbonyl (C=O) groups is 1. The molecule has 2 amide bonds. The Morgan fingerprint density at radius 3 is 2.83 bits per heavy atom. The van der Waals surface area contributed by atoms with Crippen LogP contribution in [-0.4, -0.2) is 38.3 Å². The van der Waals surface area contributed by atoms with Gasteiger partial charge in [-0.2, -0.15) is 0 Å². The van der Waals surface area contributed by atoms with Crippen LogP contribution in [0.2, 0.25) is 0 Å². The molecule has 1 N–H and O–H groups in total. The predicted octanol–water partition coefficient (Wildman–Crippen LogP) is 2.87. The van der Waals surface area contributed by atoms with Gasteiger partial charge in [-0.1, -0.05) is 26.2 Å². The van der Waals surface area contributed by atoms with Crippen LogP contribution >= 0.6 is 0 Å². The van der Waals surface area contributed by atoms with Crippen LogP contribution in [-0.2, 0) is 19.5 Å². The van der Waals surface area contributed by atoms with E-state index in [2.05, 4.69) is 27.0 Å². The number of aryl methyl sites for hydroxylation is 1. The van der Waals surface area contributed by atoms with Crippen LogP contribution in [0.15, 0.2) is 0 Å². The zero-order valence-corrected chi connectivity index (χ0v) is 14.3. The Bertz CT molecular complexity index is 527. The number of hydrogen-bond acceptors (Lipinski definition) is 3. The fraction of sp³-hybridized carbons (Fsp3) is 0.824. The van der Waals surface area contributed by atoms with Gasteiger partial charge in [-0.25, -0.2) is 4.79 Å². The molecule has 6 nitrogen and oxygen atoms in total. The molecule has 1 aromatic heterocycles. The molecule has 2 aliphatic heterocycles.